The summed E-state index contributed by atoms with van der Waals surface area (Å²) in [6.45, 7) is 3.16. The molecule has 27 heavy (non-hydrogen) atoms. The summed E-state index contributed by atoms with van der Waals surface area (Å²) in [5.41, 5.74) is 2.34. The molecule has 0 aliphatic carbocycles. The van der Waals surface area contributed by atoms with E-state index in [4.69, 9.17) is 0 Å². The second kappa shape index (κ2) is 9.55. The Kier molecular flexibility index (Phi) is 6.87. The number of amides is 2. The van der Waals surface area contributed by atoms with Gasteiger partial charge in [-0.1, -0.05) is 18.2 Å². The van der Waals surface area contributed by atoms with Crippen LogP contribution in [0.3, 0.4) is 0 Å². The van der Waals surface area contributed by atoms with Gasteiger partial charge < -0.3 is 20.5 Å². The third-order valence-corrected chi connectivity index (χ3v) is 5.36. The number of para-hydroxylation sites is 1. The van der Waals surface area contributed by atoms with E-state index in [2.05, 4.69) is 39.7 Å². The number of piperidine rings is 1. The molecule has 2 heterocycles. The Balaban J connectivity index is 1.28. The summed E-state index contributed by atoms with van der Waals surface area (Å²) in [6, 6.07) is 8.18. The van der Waals surface area contributed by atoms with E-state index in [-0.39, 0.29) is 17.7 Å². The number of carbonyl (C=O) groups excluding carboxylic acids is 2. The number of hydrogen-bond donors (Lipinski definition) is 3. The molecule has 0 atom stereocenters. The monoisotopic (exact) mass is 370 g/mol. The zero-order valence-electron chi connectivity index (χ0n) is 16.1. The first-order valence-electron chi connectivity index (χ1n) is 9.91. The quantitative estimate of drug-likeness (QED) is 0.623. The van der Waals surface area contributed by atoms with Gasteiger partial charge in [-0.3, -0.25) is 9.59 Å². The summed E-state index contributed by atoms with van der Waals surface area (Å²) in [5.74, 6) is 0.317. The molecule has 1 saturated heterocycles. The molecule has 146 valence electrons. The van der Waals surface area contributed by atoms with Crippen molar-refractivity contribution in [1.29, 1.82) is 0 Å². The van der Waals surface area contributed by atoms with Gasteiger partial charge in [-0.05, 0) is 57.5 Å². The molecule has 2 amide bonds. The first-order valence-corrected chi connectivity index (χ1v) is 9.91. The van der Waals surface area contributed by atoms with E-state index in [0.29, 0.717) is 25.9 Å². The zero-order chi connectivity index (χ0) is 19.1. The number of fused-ring (bicyclic) bond motifs is 1. The molecule has 1 aromatic carbocycles. The third-order valence-electron chi connectivity index (χ3n) is 5.36. The Morgan fingerprint density at radius 2 is 1.93 bits per heavy atom. The number of carbonyl (C=O) groups is 2. The number of benzene rings is 1. The van der Waals surface area contributed by atoms with E-state index >= 15 is 0 Å². The number of aromatic nitrogens is 1. The Bertz CT molecular complexity index is 762. The fraction of sp³-hybridized carbons (Fsp3) is 0.524. The van der Waals surface area contributed by atoms with Gasteiger partial charge in [0.05, 0.1) is 0 Å². The molecule has 6 heteroatoms. The number of rotatable bonds is 8. The van der Waals surface area contributed by atoms with E-state index < -0.39 is 0 Å². The molecule has 3 rings (SSSR count). The predicted octanol–water partition coefficient (Wildman–Crippen LogP) is 2.06. The molecule has 1 aliphatic rings. The van der Waals surface area contributed by atoms with Crippen molar-refractivity contribution in [2.75, 3.05) is 33.2 Å². The summed E-state index contributed by atoms with van der Waals surface area (Å²) in [5, 5.41) is 7.16. The Hall–Kier alpha value is -2.34. The van der Waals surface area contributed by atoms with Crippen LogP contribution in [-0.4, -0.2) is 54.9 Å². The summed E-state index contributed by atoms with van der Waals surface area (Å²) in [4.78, 5) is 29.6. The average molecular weight is 370 g/mol. The highest BCUT2D eigenvalue weighted by Gasteiger charge is 2.22. The summed E-state index contributed by atoms with van der Waals surface area (Å²) >= 11 is 0. The van der Waals surface area contributed by atoms with Crippen molar-refractivity contribution in [3.63, 3.8) is 0 Å². The number of aromatic amines is 1. The number of H-pyrrole nitrogens is 1. The van der Waals surface area contributed by atoms with Crippen LogP contribution in [0.15, 0.2) is 30.5 Å². The van der Waals surface area contributed by atoms with E-state index in [0.717, 1.165) is 37.9 Å². The van der Waals surface area contributed by atoms with Gasteiger partial charge in [0.25, 0.3) is 0 Å². The van der Waals surface area contributed by atoms with Gasteiger partial charge in [0.1, 0.15) is 0 Å². The molecule has 1 aromatic heterocycles. The Morgan fingerprint density at radius 3 is 2.74 bits per heavy atom. The minimum absolute atomic E-state index is 0.0448. The molecule has 0 unspecified atom stereocenters. The van der Waals surface area contributed by atoms with Crippen LogP contribution in [-0.2, 0) is 16.0 Å². The van der Waals surface area contributed by atoms with Gasteiger partial charge in [-0.15, -0.1) is 0 Å². The molecule has 1 fully saturated rings. The van der Waals surface area contributed by atoms with Crippen LogP contribution in [0.2, 0.25) is 0 Å². The minimum Gasteiger partial charge on any atom is -0.361 e. The van der Waals surface area contributed by atoms with Crippen molar-refractivity contribution < 1.29 is 9.59 Å². The Morgan fingerprint density at radius 1 is 1.15 bits per heavy atom. The molecular formula is C21H30N4O2. The summed E-state index contributed by atoms with van der Waals surface area (Å²) < 4.78 is 0. The average Bonchev–Trinajstić information content (AvgIpc) is 3.09. The maximum absolute atomic E-state index is 12.1. The fourth-order valence-electron chi connectivity index (χ4n) is 3.64. The lowest BCUT2D eigenvalue weighted by Gasteiger charge is -2.28. The highest BCUT2D eigenvalue weighted by molar-refractivity contribution is 5.83. The van der Waals surface area contributed by atoms with Gasteiger partial charge in [0, 0.05) is 42.5 Å². The zero-order valence-corrected chi connectivity index (χ0v) is 16.1. The van der Waals surface area contributed by atoms with Crippen LogP contribution >= 0.6 is 0 Å². The molecular weight excluding hydrogens is 340 g/mol. The molecule has 6 nitrogen and oxygen atoms in total. The van der Waals surface area contributed by atoms with Gasteiger partial charge in [0.15, 0.2) is 0 Å². The van der Waals surface area contributed by atoms with Crippen molar-refractivity contribution in [3.05, 3.63) is 36.0 Å². The van der Waals surface area contributed by atoms with Gasteiger partial charge in [0.2, 0.25) is 11.8 Å². The van der Waals surface area contributed by atoms with E-state index in [1.54, 1.807) is 0 Å². The maximum atomic E-state index is 12.1. The number of nitrogens with zero attached hydrogens (tertiary/aromatic N) is 1. The van der Waals surface area contributed by atoms with E-state index in [1.807, 2.05) is 18.3 Å². The highest BCUT2D eigenvalue weighted by atomic mass is 16.2. The lowest BCUT2D eigenvalue weighted by atomic mass is 9.96. The fourth-order valence-corrected chi connectivity index (χ4v) is 3.64. The topological polar surface area (TPSA) is 77.2 Å². The molecule has 0 radical (unpaired) electrons. The van der Waals surface area contributed by atoms with Gasteiger partial charge >= 0.3 is 0 Å². The second-order valence-corrected chi connectivity index (χ2v) is 7.43. The third kappa shape index (κ3) is 5.57. The molecule has 0 spiro atoms. The Labute approximate surface area is 160 Å². The molecule has 2 aromatic rings. The SMILES string of the molecule is CN1CCC(C(=O)NCCCC(=O)NCCc2c[nH]c3ccccc23)CC1. The summed E-state index contributed by atoms with van der Waals surface area (Å²) in [6.07, 6.45) is 5.80. The van der Waals surface area contributed by atoms with E-state index in [1.165, 1.54) is 10.9 Å². The molecule has 0 saturated carbocycles. The lowest BCUT2D eigenvalue weighted by molar-refractivity contribution is -0.126. The lowest BCUT2D eigenvalue weighted by Crippen LogP contribution is -2.39. The van der Waals surface area contributed by atoms with Crippen molar-refractivity contribution in [3.8, 4) is 0 Å². The van der Waals surface area contributed by atoms with Gasteiger partial charge in [-0.25, -0.2) is 0 Å². The van der Waals surface area contributed by atoms with E-state index in [9.17, 15) is 9.59 Å². The first-order chi connectivity index (χ1) is 13.1. The molecule has 3 N–H and O–H groups in total. The largest absolute Gasteiger partial charge is 0.361 e. The number of hydrogen-bond acceptors (Lipinski definition) is 3. The minimum atomic E-state index is 0.0448. The first kappa shape index (κ1) is 19.4. The smallest absolute Gasteiger partial charge is 0.223 e. The van der Waals surface area contributed by atoms with Crippen LogP contribution in [0.4, 0.5) is 0 Å². The second-order valence-electron chi connectivity index (χ2n) is 7.43. The van der Waals surface area contributed by atoms with Crippen LogP contribution in [0.1, 0.15) is 31.2 Å². The maximum Gasteiger partial charge on any atom is 0.223 e. The van der Waals surface area contributed by atoms with Crippen molar-refractivity contribution >= 4 is 22.7 Å². The van der Waals surface area contributed by atoms with Crippen molar-refractivity contribution in [2.24, 2.45) is 5.92 Å². The highest BCUT2D eigenvalue weighted by Crippen LogP contribution is 2.18. The normalized spacial score (nSPS) is 15.7. The molecule has 1 aliphatic heterocycles. The number of nitrogens with one attached hydrogen (secondary N) is 3. The number of likely N-dealkylation sites (tertiary alicyclic amines) is 1. The van der Waals surface area contributed by atoms with Crippen LogP contribution in [0.25, 0.3) is 10.9 Å². The predicted molar refractivity (Wildman–Crippen MR) is 107 cm³/mol. The van der Waals surface area contributed by atoms with Gasteiger partial charge in [-0.2, -0.15) is 0 Å². The summed E-state index contributed by atoms with van der Waals surface area (Å²) in [7, 11) is 2.09. The standard InChI is InChI=1S/C21H30N4O2/c1-25-13-9-16(10-14-25)21(27)23-11-4-7-20(26)22-12-8-17-15-24-19-6-3-2-5-18(17)19/h2-3,5-6,15-16,24H,4,7-14H2,1H3,(H,22,26)(H,23,27). The van der Waals surface area contributed by atoms with Crippen molar-refractivity contribution in [2.45, 2.75) is 32.1 Å². The van der Waals surface area contributed by atoms with Crippen molar-refractivity contribution in [1.82, 2.24) is 20.5 Å². The molecule has 0 bridgehead atoms. The van der Waals surface area contributed by atoms with Crippen LogP contribution < -0.4 is 10.6 Å². The van der Waals surface area contributed by atoms with Crippen LogP contribution in [0, 0.1) is 5.92 Å². The van der Waals surface area contributed by atoms with Crippen LogP contribution in [0.5, 0.6) is 0 Å².